The van der Waals surface area contributed by atoms with Crippen molar-refractivity contribution in [1.82, 2.24) is 19.6 Å². The molecular weight excluding hydrogens is 304 g/mol. The number of aromatic nitrogens is 2. The van der Waals surface area contributed by atoms with E-state index in [4.69, 9.17) is 4.42 Å². The van der Waals surface area contributed by atoms with Gasteiger partial charge in [-0.3, -0.25) is 14.4 Å². The van der Waals surface area contributed by atoms with Crippen LogP contribution in [0.15, 0.2) is 22.8 Å². The van der Waals surface area contributed by atoms with Gasteiger partial charge in [0.15, 0.2) is 0 Å². The molecule has 2 aromatic heterocycles. The number of carbonyl (C=O) groups excluding carboxylic acids is 1. The van der Waals surface area contributed by atoms with Crippen molar-refractivity contribution < 1.29 is 9.21 Å². The second kappa shape index (κ2) is 6.81. The zero-order chi connectivity index (χ0) is 17.3. The molecule has 1 aliphatic rings. The van der Waals surface area contributed by atoms with Crippen LogP contribution in [0, 0.1) is 13.8 Å². The van der Waals surface area contributed by atoms with E-state index in [-0.39, 0.29) is 5.91 Å². The Morgan fingerprint density at radius 3 is 2.88 bits per heavy atom. The zero-order valence-electron chi connectivity index (χ0n) is 15.0. The first kappa shape index (κ1) is 16.8. The minimum Gasteiger partial charge on any atom is -0.467 e. The second-order valence-corrected chi connectivity index (χ2v) is 6.67. The molecule has 0 N–H and O–H groups in total. The Balaban J connectivity index is 1.68. The van der Waals surface area contributed by atoms with Crippen LogP contribution in [-0.2, 0) is 18.4 Å². The first-order valence-electron chi connectivity index (χ1n) is 8.48. The van der Waals surface area contributed by atoms with Crippen molar-refractivity contribution in [2.24, 2.45) is 7.05 Å². The lowest BCUT2D eigenvalue weighted by Crippen LogP contribution is -2.38. The van der Waals surface area contributed by atoms with Crippen molar-refractivity contribution in [3.8, 4) is 0 Å². The molecule has 130 valence electrons. The van der Waals surface area contributed by atoms with E-state index in [9.17, 15) is 4.79 Å². The minimum absolute atomic E-state index is 0.123. The van der Waals surface area contributed by atoms with Gasteiger partial charge in [0, 0.05) is 31.4 Å². The lowest BCUT2D eigenvalue weighted by Gasteiger charge is -2.26. The van der Waals surface area contributed by atoms with E-state index in [0.717, 1.165) is 30.8 Å². The minimum atomic E-state index is 0.123. The highest BCUT2D eigenvalue weighted by Gasteiger charge is 2.32. The Labute approximate surface area is 143 Å². The molecule has 24 heavy (non-hydrogen) atoms. The Morgan fingerprint density at radius 2 is 2.25 bits per heavy atom. The fourth-order valence-corrected chi connectivity index (χ4v) is 3.63. The maximum Gasteiger partial charge on any atom is 0.236 e. The van der Waals surface area contributed by atoms with Crippen LogP contribution in [-0.4, -0.2) is 45.6 Å². The van der Waals surface area contributed by atoms with Crippen LogP contribution in [0.3, 0.4) is 0 Å². The standard InChI is InChI=1S/C18H26N4O2/c1-13-18(14(2)21(4)19-13)16-8-5-9-22(16)12-17(23)20(3)11-15-7-6-10-24-15/h6-7,10,16H,5,8-9,11-12H2,1-4H3. The topological polar surface area (TPSA) is 54.5 Å². The van der Waals surface area contributed by atoms with Crippen LogP contribution in [0.1, 0.15) is 41.6 Å². The van der Waals surface area contributed by atoms with Crippen LogP contribution in [0.4, 0.5) is 0 Å². The summed E-state index contributed by atoms with van der Waals surface area (Å²) < 4.78 is 7.27. The molecule has 6 heteroatoms. The molecule has 0 spiro atoms. The number of nitrogens with zero attached hydrogens (tertiary/aromatic N) is 4. The number of amides is 1. The quantitative estimate of drug-likeness (QED) is 0.845. The van der Waals surface area contributed by atoms with E-state index in [2.05, 4.69) is 23.8 Å². The van der Waals surface area contributed by atoms with Gasteiger partial charge in [0.25, 0.3) is 0 Å². The van der Waals surface area contributed by atoms with Gasteiger partial charge in [0.1, 0.15) is 5.76 Å². The summed E-state index contributed by atoms with van der Waals surface area (Å²) in [5.74, 6) is 0.931. The van der Waals surface area contributed by atoms with Crippen molar-refractivity contribution in [2.75, 3.05) is 20.1 Å². The summed E-state index contributed by atoms with van der Waals surface area (Å²) in [6, 6.07) is 4.03. The average molecular weight is 330 g/mol. The molecule has 1 saturated heterocycles. The first-order chi connectivity index (χ1) is 11.5. The van der Waals surface area contributed by atoms with Crippen molar-refractivity contribution in [3.05, 3.63) is 41.1 Å². The molecule has 2 aromatic rings. The number of carbonyl (C=O) groups is 1. The Morgan fingerprint density at radius 1 is 1.46 bits per heavy atom. The van der Waals surface area contributed by atoms with Crippen LogP contribution >= 0.6 is 0 Å². The summed E-state index contributed by atoms with van der Waals surface area (Å²) in [6.07, 6.45) is 3.84. The number of hydrogen-bond donors (Lipinski definition) is 0. The zero-order valence-corrected chi connectivity index (χ0v) is 15.0. The van der Waals surface area contributed by atoms with Crippen LogP contribution < -0.4 is 0 Å². The number of rotatable bonds is 5. The average Bonchev–Trinajstić information content (AvgIpc) is 3.23. The molecule has 0 saturated carbocycles. The Kier molecular flexibility index (Phi) is 4.76. The van der Waals surface area contributed by atoms with Crippen molar-refractivity contribution in [3.63, 3.8) is 0 Å². The summed E-state index contributed by atoms with van der Waals surface area (Å²) in [4.78, 5) is 16.6. The highest BCUT2D eigenvalue weighted by atomic mass is 16.3. The van der Waals surface area contributed by atoms with Gasteiger partial charge < -0.3 is 9.32 Å². The largest absolute Gasteiger partial charge is 0.467 e. The number of hydrogen-bond acceptors (Lipinski definition) is 4. The fraction of sp³-hybridized carbons (Fsp3) is 0.556. The molecule has 6 nitrogen and oxygen atoms in total. The highest BCUT2D eigenvalue weighted by molar-refractivity contribution is 5.78. The predicted molar refractivity (Wildman–Crippen MR) is 91.4 cm³/mol. The summed E-state index contributed by atoms with van der Waals surface area (Å²) in [5.41, 5.74) is 3.56. The smallest absolute Gasteiger partial charge is 0.236 e. The number of furan rings is 1. The SMILES string of the molecule is Cc1nn(C)c(C)c1C1CCCN1CC(=O)N(C)Cc1ccco1. The van der Waals surface area contributed by atoms with Crippen molar-refractivity contribution >= 4 is 5.91 Å². The number of likely N-dealkylation sites (tertiary alicyclic amines) is 1. The monoisotopic (exact) mass is 330 g/mol. The van der Waals surface area contributed by atoms with Gasteiger partial charge in [-0.05, 0) is 45.4 Å². The Hall–Kier alpha value is -2.08. The van der Waals surface area contributed by atoms with E-state index < -0.39 is 0 Å². The fourth-order valence-electron chi connectivity index (χ4n) is 3.63. The molecule has 1 unspecified atom stereocenters. The third-order valence-corrected chi connectivity index (χ3v) is 5.00. The maximum absolute atomic E-state index is 12.6. The van der Waals surface area contributed by atoms with Crippen LogP contribution in [0.5, 0.6) is 0 Å². The van der Waals surface area contributed by atoms with Gasteiger partial charge in [-0.1, -0.05) is 0 Å². The molecule has 3 rings (SSSR count). The maximum atomic E-state index is 12.6. The number of likely N-dealkylation sites (N-methyl/N-ethyl adjacent to an activating group) is 1. The van der Waals surface area contributed by atoms with E-state index in [1.165, 1.54) is 11.3 Å². The molecule has 1 fully saturated rings. The lowest BCUT2D eigenvalue weighted by atomic mass is 10.0. The third-order valence-electron chi connectivity index (χ3n) is 5.00. The number of aryl methyl sites for hydroxylation is 2. The highest BCUT2D eigenvalue weighted by Crippen LogP contribution is 2.35. The molecule has 0 radical (unpaired) electrons. The van der Waals surface area contributed by atoms with E-state index >= 15 is 0 Å². The van der Waals surface area contributed by atoms with E-state index in [1.807, 2.05) is 30.9 Å². The lowest BCUT2D eigenvalue weighted by molar-refractivity contribution is -0.132. The van der Waals surface area contributed by atoms with Gasteiger partial charge in [-0.25, -0.2) is 0 Å². The summed E-state index contributed by atoms with van der Waals surface area (Å²) in [6.45, 7) is 6.07. The first-order valence-corrected chi connectivity index (χ1v) is 8.48. The van der Waals surface area contributed by atoms with E-state index in [0.29, 0.717) is 19.1 Å². The summed E-state index contributed by atoms with van der Waals surface area (Å²) >= 11 is 0. The second-order valence-electron chi connectivity index (χ2n) is 6.67. The van der Waals surface area contributed by atoms with E-state index in [1.54, 1.807) is 11.2 Å². The van der Waals surface area contributed by atoms with Gasteiger partial charge in [0.2, 0.25) is 5.91 Å². The van der Waals surface area contributed by atoms with Gasteiger partial charge >= 0.3 is 0 Å². The van der Waals surface area contributed by atoms with Crippen molar-refractivity contribution in [2.45, 2.75) is 39.3 Å². The third kappa shape index (κ3) is 3.24. The molecule has 3 heterocycles. The molecule has 1 amide bonds. The molecular formula is C18H26N4O2. The molecule has 0 aromatic carbocycles. The molecule has 1 aliphatic heterocycles. The van der Waals surface area contributed by atoms with Gasteiger partial charge in [0.05, 0.1) is 25.0 Å². The van der Waals surface area contributed by atoms with Crippen LogP contribution in [0.25, 0.3) is 0 Å². The Bertz CT molecular complexity index is 705. The van der Waals surface area contributed by atoms with Gasteiger partial charge in [-0.2, -0.15) is 5.10 Å². The van der Waals surface area contributed by atoms with Gasteiger partial charge in [-0.15, -0.1) is 0 Å². The normalized spacial score (nSPS) is 18.2. The summed E-state index contributed by atoms with van der Waals surface area (Å²) in [5, 5.41) is 4.54. The molecule has 1 atom stereocenters. The molecule has 0 bridgehead atoms. The molecule has 0 aliphatic carbocycles. The van der Waals surface area contributed by atoms with Crippen LogP contribution in [0.2, 0.25) is 0 Å². The van der Waals surface area contributed by atoms with Crippen molar-refractivity contribution in [1.29, 1.82) is 0 Å². The predicted octanol–water partition coefficient (Wildman–Crippen LogP) is 2.43. The summed E-state index contributed by atoms with van der Waals surface area (Å²) in [7, 11) is 3.81.